The van der Waals surface area contributed by atoms with E-state index in [1.54, 1.807) is 22.7 Å². The summed E-state index contributed by atoms with van der Waals surface area (Å²) in [6.07, 6.45) is 3.96. The van der Waals surface area contributed by atoms with Crippen LogP contribution in [0, 0.1) is 0 Å². The zero-order valence-electron chi connectivity index (χ0n) is 14.9. The van der Waals surface area contributed by atoms with Crippen LogP contribution in [0.25, 0.3) is 0 Å². The van der Waals surface area contributed by atoms with Gasteiger partial charge in [0.05, 0.1) is 22.3 Å². The molecular formula is C17H27N5S2. The maximum absolute atomic E-state index is 4.63. The molecule has 0 spiro atoms. The Labute approximate surface area is 152 Å². The van der Waals surface area contributed by atoms with E-state index in [2.05, 4.69) is 58.7 Å². The van der Waals surface area contributed by atoms with Crippen molar-refractivity contribution in [3.63, 3.8) is 0 Å². The summed E-state index contributed by atoms with van der Waals surface area (Å²) in [5.74, 6) is 1.31. The molecule has 0 amide bonds. The van der Waals surface area contributed by atoms with E-state index in [-0.39, 0.29) is 0 Å². The molecular weight excluding hydrogens is 338 g/mol. The molecule has 0 aliphatic rings. The molecule has 2 aromatic heterocycles. The van der Waals surface area contributed by atoms with Crippen molar-refractivity contribution in [3.8, 4) is 0 Å². The monoisotopic (exact) mass is 365 g/mol. The lowest BCUT2D eigenvalue weighted by molar-refractivity contribution is 0.791. The van der Waals surface area contributed by atoms with Crippen LogP contribution in [0.5, 0.6) is 0 Å². The zero-order chi connectivity index (χ0) is 17.4. The Kier molecular flexibility index (Phi) is 7.65. The molecule has 132 valence electrons. The standard InChI is InChI=1S/C17H27N5S2/c1-5-14-10-20-15(24-14)7-8-19-17(18-6-2)21-9-13-11-23-16(22-13)12(3)4/h10-12H,5-9H2,1-4H3,(H2,18,19,21). The van der Waals surface area contributed by atoms with Crippen LogP contribution in [-0.2, 0) is 19.4 Å². The molecule has 2 aromatic rings. The summed E-state index contributed by atoms with van der Waals surface area (Å²) in [5, 5.41) is 11.1. The lowest BCUT2D eigenvalue weighted by Gasteiger charge is -2.10. The highest BCUT2D eigenvalue weighted by molar-refractivity contribution is 7.11. The number of rotatable bonds is 8. The minimum absolute atomic E-state index is 0.477. The Hall–Kier alpha value is -1.47. The maximum atomic E-state index is 4.63. The van der Waals surface area contributed by atoms with Gasteiger partial charge in [-0.05, 0) is 13.3 Å². The van der Waals surface area contributed by atoms with Gasteiger partial charge in [-0.3, -0.25) is 0 Å². The first-order chi connectivity index (χ1) is 11.6. The van der Waals surface area contributed by atoms with Gasteiger partial charge < -0.3 is 10.6 Å². The number of nitrogens with zero attached hydrogens (tertiary/aromatic N) is 3. The molecule has 0 saturated heterocycles. The van der Waals surface area contributed by atoms with E-state index >= 15 is 0 Å². The number of nitrogens with one attached hydrogen (secondary N) is 2. The molecule has 0 fully saturated rings. The van der Waals surface area contributed by atoms with Crippen LogP contribution in [0.4, 0.5) is 0 Å². The van der Waals surface area contributed by atoms with Gasteiger partial charge >= 0.3 is 0 Å². The number of aliphatic imine (C=N–C) groups is 1. The Morgan fingerprint density at radius 2 is 2.12 bits per heavy atom. The largest absolute Gasteiger partial charge is 0.357 e. The molecule has 0 saturated carbocycles. The van der Waals surface area contributed by atoms with Gasteiger partial charge in [0, 0.05) is 41.9 Å². The fourth-order valence-electron chi connectivity index (χ4n) is 2.08. The van der Waals surface area contributed by atoms with Crippen LogP contribution >= 0.6 is 22.7 Å². The molecule has 0 aliphatic heterocycles. The van der Waals surface area contributed by atoms with E-state index in [1.807, 2.05) is 6.20 Å². The van der Waals surface area contributed by atoms with Crippen molar-refractivity contribution in [1.29, 1.82) is 0 Å². The second-order valence-electron chi connectivity index (χ2n) is 5.78. The fourth-order valence-corrected chi connectivity index (χ4v) is 3.77. The highest BCUT2D eigenvalue weighted by Gasteiger charge is 2.06. The lowest BCUT2D eigenvalue weighted by atomic mass is 10.2. The van der Waals surface area contributed by atoms with Gasteiger partial charge in [-0.2, -0.15) is 0 Å². The molecule has 0 radical (unpaired) electrons. The summed E-state index contributed by atoms with van der Waals surface area (Å²) >= 11 is 3.51. The molecule has 0 unspecified atom stereocenters. The van der Waals surface area contributed by atoms with E-state index in [4.69, 9.17) is 0 Å². The van der Waals surface area contributed by atoms with Gasteiger partial charge in [0.1, 0.15) is 0 Å². The Morgan fingerprint density at radius 3 is 2.75 bits per heavy atom. The van der Waals surface area contributed by atoms with Crippen molar-refractivity contribution >= 4 is 28.6 Å². The number of aromatic nitrogens is 2. The molecule has 0 aliphatic carbocycles. The second kappa shape index (κ2) is 9.74. The summed E-state index contributed by atoms with van der Waals surface area (Å²) in [5.41, 5.74) is 1.04. The van der Waals surface area contributed by atoms with Crippen molar-refractivity contribution in [1.82, 2.24) is 20.6 Å². The lowest BCUT2D eigenvalue weighted by Crippen LogP contribution is -2.38. The van der Waals surface area contributed by atoms with Crippen molar-refractivity contribution in [2.24, 2.45) is 4.99 Å². The van der Waals surface area contributed by atoms with Gasteiger partial charge in [0.2, 0.25) is 0 Å². The predicted octanol–water partition coefficient (Wildman–Crippen LogP) is 3.58. The third-order valence-electron chi connectivity index (χ3n) is 3.39. The van der Waals surface area contributed by atoms with Crippen molar-refractivity contribution in [3.05, 3.63) is 32.2 Å². The van der Waals surface area contributed by atoms with Crippen molar-refractivity contribution in [2.45, 2.75) is 53.0 Å². The Morgan fingerprint density at radius 1 is 1.29 bits per heavy atom. The van der Waals surface area contributed by atoms with Gasteiger partial charge in [0.25, 0.3) is 0 Å². The Bertz CT molecular complexity index is 645. The molecule has 2 rings (SSSR count). The first-order valence-electron chi connectivity index (χ1n) is 8.52. The SMILES string of the molecule is CCNC(=NCc1csc(C(C)C)n1)NCCc1ncc(CC)s1. The molecule has 0 atom stereocenters. The van der Waals surface area contributed by atoms with Crippen LogP contribution in [-0.4, -0.2) is 29.0 Å². The van der Waals surface area contributed by atoms with Crippen LogP contribution in [0.3, 0.4) is 0 Å². The number of thiazole rings is 2. The smallest absolute Gasteiger partial charge is 0.191 e. The van der Waals surface area contributed by atoms with Crippen LogP contribution in [0.1, 0.15) is 54.2 Å². The van der Waals surface area contributed by atoms with Crippen LogP contribution in [0.2, 0.25) is 0 Å². The maximum Gasteiger partial charge on any atom is 0.191 e. The van der Waals surface area contributed by atoms with Gasteiger partial charge in [-0.15, -0.1) is 22.7 Å². The first-order valence-corrected chi connectivity index (χ1v) is 10.2. The first kappa shape index (κ1) is 18.9. The third kappa shape index (κ3) is 5.87. The molecule has 0 bridgehead atoms. The average molecular weight is 366 g/mol. The summed E-state index contributed by atoms with van der Waals surface area (Å²) in [6.45, 7) is 10.9. The highest BCUT2D eigenvalue weighted by atomic mass is 32.1. The van der Waals surface area contributed by atoms with E-state index in [0.717, 1.165) is 37.6 Å². The van der Waals surface area contributed by atoms with Gasteiger partial charge in [-0.25, -0.2) is 15.0 Å². The van der Waals surface area contributed by atoms with E-state index in [9.17, 15) is 0 Å². The Balaban J connectivity index is 1.85. The molecule has 5 nitrogen and oxygen atoms in total. The molecule has 0 aromatic carbocycles. The zero-order valence-corrected chi connectivity index (χ0v) is 16.6. The summed E-state index contributed by atoms with van der Waals surface area (Å²) in [7, 11) is 0. The highest BCUT2D eigenvalue weighted by Crippen LogP contribution is 2.19. The van der Waals surface area contributed by atoms with E-state index < -0.39 is 0 Å². The number of hydrogen-bond acceptors (Lipinski definition) is 5. The normalized spacial score (nSPS) is 12.0. The predicted molar refractivity (Wildman–Crippen MR) is 104 cm³/mol. The molecule has 24 heavy (non-hydrogen) atoms. The van der Waals surface area contributed by atoms with Crippen LogP contribution in [0.15, 0.2) is 16.6 Å². The number of aryl methyl sites for hydroxylation is 1. The minimum Gasteiger partial charge on any atom is -0.357 e. The second-order valence-corrected chi connectivity index (χ2v) is 7.87. The van der Waals surface area contributed by atoms with Gasteiger partial charge in [0.15, 0.2) is 5.96 Å². The van der Waals surface area contributed by atoms with E-state index in [1.165, 1.54) is 14.9 Å². The van der Waals surface area contributed by atoms with E-state index in [0.29, 0.717) is 12.5 Å². The van der Waals surface area contributed by atoms with Crippen molar-refractivity contribution < 1.29 is 0 Å². The number of guanidine groups is 1. The van der Waals surface area contributed by atoms with Crippen molar-refractivity contribution in [2.75, 3.05) is 13.1 Å². The summed E-state index contributed by atoms with van der Waals surface area (Å²) in [4.78, 5) is 15.1. The minimum atomic E-state index is 0.477. The quantitative estimate of drug-likeness (QED) is 0.554. The van der Waals surface area contributed by atoms with Crippen LogP contribution < -0.4 is 10.6 Å². The summed E-state index contributed by atoms with van der Waals surface area (Å²) in [6, 6.07) is 0. The number of hydrogen-bond donors (Lipinski definition) is 2. The average Bonchev–Trinajstić information content (AvgIpc) is 3.22. The topological polar surface area (TPSA) is 62.2 Å². The molecule has 2 heterocycles. The van der Waals surface area contributed by atoms with Gasteiger partial charge in [-0.1, -0.05) is 20.8 Å². The third-order valence-corrected chi connectivity index (χ3v) is 5.78. The fraction of sp³-hybridized carbons (Fsp3) is 0.588. The molecule has 7 heteroatoms. The molecule has 2 N–H and O–H groups in total. The summed E-state index contributed by atoms with van der Waals surface area (Å²) < 4.78 is 0.